The molecule has 110 valence electrons. The lowest BCUT2D eigenvalue weighted by Gasteiger charge is -2.18. The maximum Gasteiger partial charge on any atom is 0.258 e. The highest BCUT2D eigenvalue weighted by atomic mass is 19.1. The zero-order valence-corrected chi connectivity index (χ0v) is 11.6. The molecule has 2 rings (SSSR count). The van der Waals surface area contributed by atoms with E-state index in [0.29, 0.717) is 13.1 Å². The normalized spacial score (nSPS) is 21.8. The smallest absolute Gasteiger partial charge is 0.258 e. The van der Waals surface area contributed by atoms with E-state index in [1.807, 2.05) is 6.92 Å². The molecule has 20 heavy (non-hydrogen) atoms. The quantitative estimate of drug-likeness (QED) is 0.831. The van der Waals surface area contributed by atoms with Crippen LogP contribution in [0.15, 0.2) is 18.2 Å². The van der Waals surface area contributed by atoms with E-state index >= 15 is 0 Å². The summed E-state index contributed by atoms with van der Waals surface area (Å²) in [5.74, 6) is -0.671. The standard InChI is InChI=1S/C14H19FN2O3/c1-9-3-4-10(15)12(5-9)20-8-14(18)17-11-6-16-7-13(11)19-2/h3-5,11,13,16H,6-8H2,1-2H3,(H,17,18). The molecule has 0 radical (unpaired) electrons. The van der Waals surface area contributed by atoms with Crippen LogP contribution in [0.5, 0.6) is 5.75 Å². The van der Waals surface area contributed by atoms with Gasteiger partial charge in [-0.15, -0.1) is 0 Å². The number of methoxy groups -OCH3 is 1. The number of aryl methyl sites for hydroxylation is 1. The molecule has 1 aromatic rings. The van der Waals surface area contributed by atoms with Crippen LogP contribution in [0.4, 0.5) is 4.39 Å². The van der Waals surface area contributed by atoms with Crippen molar-refractivity contribution >= 4 is 5.91 Å². The summed E-state index contributed by atoms with van der Waals surface area (Å²) < 4.78 is 23.9. The van der Waals surface area contributed by atoms with E-state index in [1.165, 1.54) is 6.07 Å². The molecule has 5 nitrogen and oxygen atoms in total. The van der Waals surface area contributed by atoms with Gasteiger partial charge in [-0.2, -0.15) is 0 Å². The summed E-state index contributed by atoms with van der Waals surface area (Å²) in [6.07, 6.45) is -0.0466. The van der Waals surface area contributed by atoms with Crippen LogP contribution in [0.2, 0.25) is 0 Å². The van der Waals surface area contributed by atoms with Crippen LogP contribution in [-0.2, 0) is 9.53 Å². The van der Waals surface area contributed by atoms with Gasteiger partial charge in [-0.3, -0.25) is 4.79 Å². The molecule has 0 saturated carbocycles. The summed E-state index contributed by atoms with van der Waals surface area (Å²) in [6.45, 7) is 2.98. The van der Waals surface area contributed by atoms with Gasteiger partial charge in [-0.25, -0.2) is 4.39 Å². The Hall–Kier alpha value is -1.66. The number of halogens is 1. The fourth-order valence-corrected chi connectivity index (χ4v) is 2.16. The van der Waals surface area contributed by atoms with Gasteiger partial charge >= 0.3 is 0 Å². The minimum Gasteiger partial charge on any atom is -0.481 e. The Morgan fingerprint density at radius 1 is 1.50 bits per heavy atom. The van der Waals surface area contributed by atoms with Gasteiger partial charge < -0.3 is 20.1 Å². The highest BCUT2D eigenvalue weighted by Gasteiger charge is 2.28. The first-order chi connectivity index (χ1) is 9.60. The molecule has 1 saturated heterocycles. The number of nitrogens with one attached hydrogen (secondary N) is 2. The number of rotatable bonds is 5. The average Bonchev–Trinajstić information content (AvgIpc) is 2.87. The average molecular weight is 282 g/mol. The molecule has 0 spiro atoms. The van der Waals surface area contributed by atoms with Gasteiger partial charge in [0.15, 0.2) is 18.2 Å². The second kappa shape index (κ2) is 6.67. The third-order valence-electron chi connectivity index (χ3n) is 3.25. The Morgan fingerprint density at radius 3 is 3.05 bits per heavy atom. The molecule has 6 heteroatoms. The number of carbonyl (C=O) groups is 1. The number of hydrogen-bond acceptors (Lipinski definition) is 4. The van der Waals surface area contributed by atoms with Crippen molar-refractivity contribution < 1.29 is 18.7 Å². The highest BCUT2D eigenvalue weighted by Crippen LogP contribution is 2.18. The third kappa shape index (κ3) is 3.68. The van der Waals surface area contributed by atoms with Crippen LogP contribution in [0.1, 0.15) is 5.56 Å². The van der Waals surface area contributed by atoms with E-state index in [0.717, 1.165) is 5.56 Å². The summed E-state index contributed by atoms with van der Waals surface area (Å²) in [5, 5.41) is 5.94. The number of benzene rings is 1. The molecule has 1 heterocycles. The zero-order valence-electron chi connectivity index (χ0n) is 11.6. The maximum absolute atomic E-state index is 13.5. The summed E-state index contributed by atoms with van der Waals surface area (Å²) in [6, 6.07) is 4.45. The molecule has 2 atom stereocenters. The number of ether oxygens (including phenoxy) is 2. The highest BCUT2D eigenvalue weighted by molar-refractivity contribution is 5.78. The largest absolute Gasteiger partial charge is 0.481 e. The summed E-state index contributed by atoms with van der Waals surface area (Å²) in [7, 11) is 1.61. The number of carbonyl (C=O) groups excluding carboxylic acids is 1. The van der Waals surface area contributed by atoms with Crippen LogP contribution < -0.4 is 15.4 Å². The first kappa shape index (κ1) is 14.7. The van der Waals surface area contributed by atoms with Crippen molar-refractivity contribution in [2.24, 2.45) is 0 Å². The van der Waals surface area contributed by atoms with Gasteiger partial charge in [-0.05, 0) is 24.6 Å². The Balaban J connectivity index is 1.84. The van der Waals surface area contributed by atoms with E-state index in [-0.39, 0.29) is 30.4 Å². The lowest BCUT2D eigenvalue weighted by molar-refractivity contribution is -0.124. The molecular weight excluding hydrogens is 263 g/mol. The van der Waals surface area contributed by atoms with Gasteiger partial charge in [-0.1, -0.05) is 6.07 Å². The van der Waals surface area contributed by atoms with Crippen molar-refractivity contribution in [2.75, 3.05) is 26.8 Å². The molecule has 0 bridgehead atoms. The monoisotopic (exact) mass is 282 g/mol. The van der Waals surface area contributed by atoms with Crippen LogP contribution in [0.25, 0.3) is 0 Å². The third-order valence-corrected chi connectivity index (χ3v) is 3.25. The Bertz CT molecular complexity index is 481. The molecule has 0 aromatic heterocycles. The van der Waals surface area contributed by atoms with Crippen LogP contribution in [0.3, 0.4) is 0 Å². The van der Waals surface area contributed by atoms with E-state index in [4.69, 9.17) is 9.47 Å². The van der Waals surface area contributed by atoms with Gasteiger partial charge in [0.05, 0.1) is 12.1 Å². The summed E-state index contributed by atoms with van der Waals surface area (Å²) >= 11 is 0. The van der Waals surface area contributed by atoms with E-state index in [9.17, 15) is 9.18 Å². The van der Waals surface area contributed by atoms with Gasteiger partial charge in [0, 0.05) is 20.2 Å². The minimum absolute atomic E-state index is 0.0466. The Labute approximate surface area is 117 Å². The molecule has 1 fully saturated rings. The molecule has 1 aliphatic heterocycles. The Kier molecular flexibility index (Phi) is 4.92. The summed E-state index contributed by atoms with van der Waals surface area (Å²) in [4.78, 5) is 11.8. The van der Waals surface area contributed by atoms with E-state index in [2.05, 4.69) is 10.6 Å². The lowest BCUT2D eigenvalue weighted by Crippen LogP contribution is -2.45. The fraction of sp³-hybridized carbons (Fsp3) is 0.500. The number of hydrogen-bond donors (Lipinski definition) is 2. The van der Waals surface area contributed by atoms with E-state index in [1.54, 1.807) is 19.2 Å². The molecule has 1 aliphatic rings. The number of amides is 1. The van der Waals surface area contributed by atoms with E-state index < -0.39 is 5.82 Å². The topological polar surface area (TPSA) is 59.6 Å². The van der Waals surface area contributed by atoms with Crippen LogP contribution in [0, 0.1) is 12.7 Å². The van der Waals surface area contributed by atoms with Gasteiger partial charge in [0.1, 0.15) is 0 Å². The van der Waals surface area contributed by atoms with Crippen molar-refractivity contribution in [3.63, 3.8) is 0 Å². The van der Waals surface area contributed by atoms with Crippen molar-refractivity contribution in [1.29, 1.82) is 0 Å². The minimum atomic E-state index is -0.472. The van der Waals surface area contributed by atoms with Crippen LogP contribution in [-0.4, -0.2) is 44.9 Å². The lowest BCUT2D eigenvalue weighted by atomic mass is 10.2. The van der Waals surface area contributed by atoms with Crippen LogP contribution >= 0.6 is 0 Å². The predicted octanol–water partition coefficient (Wildman–Crippen LogP) is 0.616. The molecular formula is C14H19FN2O3. The molecule has 0 aliphatic carbocycles. The van der Waals surface area contributed by atoms with Gasteiger partial charge in [0.2, 0.25) is 0 Å². The fourth-order valence-electron chi connectivity index (χ4n) is 2.16. The molecule has 2 N–H and O–H groups in total. The maximum atomic E-state index is 13.5. The Morgan fingerprint density at radius 2 is 2.30 bits per heavy atom. The van der Waals surface area contributed by atoms with Gasteiger partial charge in [0.25, 0.3) is 5.91 Å². The first-order valence-electron chi connectivity index (χ1n) is 6.52. The summed E-state index contributed by atoms with van der Waals surface area (Å²) in [5.41, 5.74) is 0.876. The van der Waals surface area contributed by atoms with Crippen molar-refractivity contribution in [3.05, 3.63) is 29.6 Å². The van der Waals surface area contributed by atoms with Crippen molar-refractivity contribution in [1.82, 2.24) is 10.6 Å². The molecule has 2 unspecified atom stereocenters. The second-order valence-corrected chi connectivity index (χ2v) is 4.83. The van der Waals surface area contributed by atoms with Crippen molar-refractivity contribution in [2.45, 2.75) is 19.1 Å². The first-order valence-corrected chi connectivity index (χ1v) is 6.52. The SMILES string of the molecule is COC1CNCC1NC(=O)COc1cc(C)ccc1F. The predicted molar refractivity (Wildman–Crippen MR) is 72.2 cm³/mol. The molecule has 1 amide bonds. The molecule has 1 aromatic carbocycles. The zero-order chi connectivity index (χ0) is 14.5. The second-order valence-electron chi connectivity index (χ2n) is 4.83. The van der Waals surface area contributed by atoms with Crippen molar-refractivity contribution in [3.8, 4) is 5.75 Å².